The number of rotatable bonds is 4. The lowest BCUT2D eigenvalue weighted by atomic mass is 9.95. The molecule has 0 unspecified atom stereocenters. The number of nitrogens with zero attached hydrogens (tertiary/aromatic N) is 3. The van der Waals surface area contributed by atoms with E-state index in [-0.39, 0.29) is 5.91 Å². The topological polar surface area (TPSA) is 88.9 Å². The van der Waals surface area contributed by atoms with Crippen LogP contribution in [0.3, 0.4) is 0 Å². The summed E-state index contributed by atoms with van der Waals surface area (Å²) in [4.78, 5) is 28.5. The van der Waals surface area contributed by atoms with Gasteiger partial charge in [0, 0.05) is 23.7 Å². The van der Waals surface area contributed by atoms with E-state index in [4.69, 9.17) is 16.7 Å². The Bertz CT molecular complexity index is 1400. The molecular weight excluding hydrogens is 478 g/mol. The normalized spacial score (nSPS) is 12.1. The van der Waals surface area contributed by atoms with Crippen molar-refractivity contribution in [3.05, 3.63) is 64.8 Å². The van der Waals surface area contributed by atoms with Crippen molar-refractivity contribution in [1.29, 1.82) is 0 Å². The standard InChI is InChI=1S/C23H18ClN5O2S2/c1-12(30)25-22-27-17-9-8-15-19(13-5-3-2-4-6-13)28-29(20(15)21(17)33-22)18-10-7-14(11-16(18)24)26-23(31)32/h2-7,10-11H,8-9H2,1H3,(H,25,27,30)(H2,26,31,32). The van der Waals surface area contributed by atoms with E-state index in [1.54, 1.807) is 12.1 Å². The van der Waals surface area contributed by atoms with Gasteiger partial charge in [0.2, 0.25) is 5.91 Å². The maximum Gasteiger partial charge on any atom is 0.280 e. The smallest absolute Gasteiger partial charge is 0.280 e. The molecule has 33 heavy (non-hydrogen) atoms. The van der Waals surface area contributed by atoms with Crippen LogP contribution >= 0.6 is 35.6 Å². The Hall–Kier alpha value is -3.14. The first-order chi connectivity index (χ1) is 15.9. The molecule has 1 aliphatic carbocycles. The van der Waals surface area contributed by atoms with Crippen molar-refractivity contribution in [2.75, 3.05) is 10.6 Å². The number of halogens is 1. The average Bonchev–Trinajstić information content (AvgIpc) is 3.34. The second kappa shape index (κ2) is 8.66. The van der Waals surface area contributed by atoms with Crippen molar-refractivity contribution in [3.63, 3.8) is 0 Å². The van der Waals surface area contributed by atoms with E-state index >= 15 is 0 Å². The Kier molecular flexibility index (Phi) is 5.69. The zero-order valence-electron chi connectivity index (χ0n) is 17.4. The van der Waals surface area contributed by atoms with Crippen molar-refractivity contribution in [1.82, 2.24) is 14.8 Å². The Balaban J connectivity index is 1.71. The van der Waals surface area contributed by atoms with Crippen LogP contribution in [0.1, 0.15) is 18.2 Å². The van der Waals surface area contributed by atoms with E-state index in [1.807, 2.05) is 41.1 Å². The highest BCUT2D eigenvalue weighted by Crippen LogP contribution is 2.44. The van der Waals surface area contributed by atoms with Crippen LogP contribution in [-0.2, 0) is 17.6 Å². The molecule has 0 radical (unpaired) electrons. The largest absolute Gasteiger partial charge is 0.317 e. The van der Waals surface area contributed by atoms with E-state index in [1.165, 1.54) is 18.3 Å². The van der Waals surface area contributed by atoms with Crippen LogP contribution in [0.5, 0.6) is 0 Å². The third-order valence-corrected chi connectivity index (χ3v) is 6.70. The second-order valence-corrected chi connectivity index (χ2v) is 9.34. The number of hydrogen-bond acceptors (Lipinski definition) is 5. The van der Waals surface area contributed by atoms with E-state index < -0.39 is 5.24 Å². The van der Waals surface area contributed by atoms with Crippen LogP contribution in [0, 0.1) is 0 Å². The highest BCUT2D eigenvalue weighted by molar-refractivity contribution is 7.96. The van der Waals surface area contributed by atoms with E-state index in [0.717, 1.165) is 45.9 Å². The van der Waals surface area contributed by atoms with Gasteiger partial charge in [-0.25, -0.2) is 9.67 Å². The lowest BCUT2D eigenvalue weighted by molar-refractivity contribution is -0.114. The molecule has 2 heterocycles. The molecule has 0 saturated carbocycles. The number of aryl methyl sites for hydroxylation is 1. The minimum Gasteiger partial charge on any atom is -0.317 e. The monoisotopic (exact) mass is 495 g/mol. The maximum absolute atomic E-state index is 11.6. The number of aromatic nitrogens is 3. The first kappa shape index (κ1) is 21.7. The number of thiazole rings is 1. The van der Waals surface area contributed by atoms with Gasteiger partial charge in [0.1, 0.15) is 0 Å². The van der Waals surface area contributed by atoms with Crippen LogP contribution in [0.15, 0.2) is 48.5 Å². The third kappa shape index (κ3) is 4.15. The summed E-state index contributed by atoms with van der Waals surface area (Å²) in [5.74, 6) is -0.162. The molecule has 0 saturated heterocycles. The van der Waals surface area contributed by atoms with Gasteiger partial charge in [-0.3, -0.25) is 9.59 Å². The summed E-state index contributed by atoms with van der Waals surface area (Å²) in [7, 11) is 0. The fourth-order valence-electron chi connectivity index (χ4n) is 3.96. The maximum atomic E-state index is 11.6. The molecule has 166 valence electrons. The minimum absolute atomic E-state index is 0.162. The number of carbonyl (C=O) groups is 2. The predicted molar refractivity (Wildman–Crippen MR) is 135 cm³/mol. The molecule has 7 nitrogen and oxygen atoms in total. The van der Waals surface area contributed by atoms with Crippen molar-refractivity contribution in [2.45, 2.75) is 19.8 Å². The van der Waals surface area contributed by atoms with Crippen LogP contribution in [-0.4, -0.2) is 25.9 Å². The Morgan fingerprint density at radius 1 is 1.12 bits per heavy atom. The fraction of sp³-hybridized carbons (Fsp3) is 0.130. The lowest BCUT2D eigenvalue weighted by Gasteiger charge is -2.15. The quantitative estimate of drug-likeness (QED) is 0.310. The molecular formula is C23H18ClN5O2S2. The summed E-state index contributed by atoms with van der Waals surface area (Å²) in [5, 5.41) is 10.9. The summed E-state index contributed by atoms with van der Waals surface area (Å²) in [6, 6.07) is 15.2. The van der Waals surface area contributed by atoms with Gasteiger partial charge in [0.05, 0.1) is 32.7 Å². The number of hydrogen-bond donors (Lipinski definition) is 3. The molecule has 0 fully saturated rings. The molecule has 5 rings (SSSR count). The Morgan fingerprint density at radius 3 is 2.61 bits per heavy atom. The summed E-state index contributed by atoms with van der Waals surface area (Å²) in [5.41, 5.74) is 6.06. The van der Waals surface area contributed by atoms with Gasteiger partial charge in [-0.15, -0.1) is 0 Å². The highest BCUT2D eigenvalue weighted by atomic mass is 35.5. The third-order valence-electron chi connectivity index (χ3n) is 5.27. The summed E-state index contributed by atoms with van der Waals surface area (Å²) < 4.78 is 1.83. The zero-order chi connectivity index (χ0) is 23.1. The molecule has 1 aliphatic rings. The SMILES string of the molecule is CC(=O)Nc1nc2c(s1)-c1c(c(-c3ccccc3)nn1-c1ccc(NC(=O)S)cc1Cl)CC2. The van der Waals surface area contributed by atoms with Crippen LogP contribution in [0.25, 0.3) is 27.5 Å². The molecule has 2 N–H and O–H groups in total. The van der Waals surface area contributed by atoms with Gasteiger partial charge in [0.25, 0.3) is 5.24 Å². The number of anilines is 2. The molecule has 2 aromatic carbocycles. The highest BCUT2D eigenvalue weighted by Gasteiger charge is 2.30. The van der Waals surface area contributed by atoms with Crippen LogP contribution < -0.4 is 10.6 Å². The van der Waals surface area contributed by atoms with Gasteiger partial charge in [0.15, 0.2) is 5.13 Å². The van der Waals surface area contributed by atoms with Crippen molar-refractivity contribution >= 4 is 57.5 Å². The fourth-order valence-corrected chi connectivity index (χ4v) is 5.46. The van der Waals surface area contributed by atoms with Gasteiger partial charge < -0.3 is 10.6 Å². The number of fused-ring (bicyclic) bond motifs is 3. The Morgan fingerprint density at radius 2 is 1.91 bits per heavy atom. The molecule has 10 heteroatoms. The average molecular weight is 496 g/mol. The molecule has 0 bridgehead atoms. The Labute approximate surface area is 204 Å². The van der Waals surface area contributed by atoms with Crippen molar-refractivity contribution < 1.29 is 9.59 Å². The summed E-state index contributed by atoms with van der Waals surface area (Å²) in [6.45, 7) is 1.47. The van der Waals surface area contributed by atoms with Crippen LogP contribution in [0.2, 0.25) is 5.02 Å². The van der Waals surface area contributed by atoms with Gasteiger partial charge >= 0.3 is 0 Å². The number of thiol groups is 1. The lowest BCUT2D eigenvalue weighted by Crippen LogP contribution is -2.07. The number of benzene rings is 2. The second-order valence-electron chi connectivity index (χ2n) is 7.53. The minimum atomic E-state index is -0.471. The van der Waals surface area contributed by atoms with E-state index in [0.29, 0.717) is 21.5 Å². The molecule has 0 spiro atoms. The number of carbonyl (C=O) groups excluding carboxylic acids is 2. The van der Waals surface area contributed by atoms with Crippen molar-refractivity contribution in [3.8, 4) is 27.5 Å². The van der Waals surface area contributed by atoms with Crippen LogP contribution in [0.4, 0.5) is 15.6 Å². The number of nitrogens with one attached hydrogen (secondary N) is 2. The molecule has 4 aromatic rings. The van der Waals surface area contributed by atoms with Gasteiger partial charge in [-0.1, -0.05) is 65.9 Å². The number of amides is 2. The van der Waals surface area contributed by atoms with Gasteiger partial charge in [-0.05, 0) is 31.0 Å². The summed E-state index contributed by atoms with van der Waals surface area (Å²) >= 11 is 11.8. The van der Waals surface area contributed by atoms with E-state index in [9.17, 15) is 9.59 Å². The van der Waals surface area contributed by atoms with Gasteiger partial charge in [-0.2, -0.15) is 5.10 Å². The molecule has 2 aromatic heterocycles. The van der Waals surface area contributed by atoms with Crippen molar-refractivity contribution in [2.24, 2.45) is 0 Å². The molecule has 0 atom stereocenters. The first-order valence-electron chi connectivity index (χ1n) is 10.2. The summed E-state index contributed by atoms with van der Waals surface area (Å²) in [6.07, 6.45) is 1.52. The zero-order valence-corrected chi connectivity index (χ0v) is 19.9. The molecule has 2 amide bonds. The predicted octanol–water partition coefficient (Wildman–Crippen LogP) is 5.83. The molecule has 0 aliphatic heterocycles. The van der Waals surface area contributed by atoms with E-state index in [2.05, 4.69) is 28.2 Å². The first-order valence-corrected chi connectivity index (χ1v) is 11.8.